The summed E-state index contributed by atoms with van der Waals surface area (Å²) in [5.41, 5.74) is 5.22. The average Bonchev–Trinajstić information content (AvgIpc) is 2.84. The Balaban J connectivity index is 2.66. The minimum Gasteiger partial charge on any atom is -0.466 e. The molecule has 2 rings (SSSR count). The lowest BCUT2D eigenvalue weighted by molar-refractivity contribution is -0.154. The van der Waals surface area contributed by atoms with Gasteiger partial charge in [0.25, 0.3) is 5.91 Å². The molecule has 0 heterocycles. The van der Waals surface area contributed by atoms with Crippen molar-refractivity contribution in [3.63, 3.8) is 0 Å². The van der Waals surface area contributed by atoms with Gasteiger partial charge in [0.2, 0.25) is 5.91 Å². The summed E-state index contributed by atoms with van der Waals surface area (Å²) in [7, 11) is 3.40. The lowest BCUT2D eigenvalue weighted by Crippen LogP contribution is -2.55. The monoisotopic (exact) mass is 567 g/mol. The number of benzene rings is 2. The zero-order chi connectivity index (χ0) is 31.0. The molecule has 0 fully saturated rings. The highest BCUT2D eigenvalue weighted by molar-refractivity contribution is 5.93. The fourth-order valence-corrected chi connectivity index (χ4v) is 5.06. The molecule has 0 radical (unpaired) electrons. The van der Waals surface area contributed by atoms with Crippen LogP contribution in [0, 0.1) is 32.5 Å². The fraction of sp³-hybridized carbons (Fsp3) is 0.485. The number of carbonyl (C=O) groups excluding carboxylic acids is 3. The third kappa shape index (κ3) is 8.98. The second kappa shape index (κ2) is 14.9. The van der Waals surface area contributed by atoms with Gasteiger partial charge in [-0.15, -0.1) is 0 Å². The van der Waals surface area contributed by atoms with Crippen molar-refractivity contribution in [2.24, 2.45) is 5.92 Å². The SMILES string of the molecule is CCOC(=O)C[C@H](NC(=O)C(CC(C)C)N(C(=O)C=C(C)C)N(C)C)c1cc(-c2c(C)cccc2C)cc(C)c1F. The van der Waals surface area contributed by atoms with Gasteiger partial charge in [0.15, 0.2) is 0 Å². The number of hydrazine groups is 1. The van der Waals surface area contributed by atoms with E-state index in [4.69, 9.17) is 4.74 Å². The van der Waals surface area contributed by atoms with Crippen molar-refractivity contribution in [3.05, 3.63) is 70.1 Å². The Bertz CT molecular complexity index is 1260. The summed E-state index contributed by atoms with van der Waals surface area (Å²) in [6.45, 7) is 15.1. The number of esters is 1. The number of ether oxygens (including phenoxy) is 1. The number of halogens is 1. The number of allylic oxidation sites excluding steroid dienone is 1. The van der Waals surface area contributed by atoms with Crippen LogP contribution < -0.4 is 5.32 Å². The lowest BCUT2D eigenvalue weighted by Gasteiger charge is -2.36. The Morgan fingerprint density at radius 3 is 2.15 bits per heavy atom. The van der Waals surface area contributed by atoms with Gasteiger partial charge < -0.3 is 10.1 Å². The van der Waals surface area contributed by atoms with Crippen LogP contribution in [0.15, 0.2) is 42.0 Å². The maximum Gasteiger partial charge on any atom is 0.308 e. The van der Waals surface area contributed by atoms with Gasteiger partial charge in [-0.1, -0.05) is 37.6 Å². The Kier molecular flexibility index (Phi) is 12.3. The van der Waals surface area contributed by atoms with Crippen LogP contribution in [-0.4, -0.2) is 54.5 Å². The van der Waals surface area contributed by atoms with Crippen molar-refractivity contribution in [2.75, 3.05) is 20.7 Å². The van der Waals surface area contributed by atoms with E-state index in [1.165, 1.54) is 11.1 Å². The third-order valence-corrected chi connectivity index (χ3v) is 6.78. The molecule has 41 heavy (non-hydrogen) atoms. The van der Waals surface area contributed by atoms with Gasteiger partial charge in [0.1, 0.15) is 11.9 Å². The second-order valence-corrected chi connectivity index (χ2v) is 11.4. The highest BCUT2D eigenvalue weighted by Crippen LogP contribution is 2.33. The van der Waals surface area contributed by atoms with Crippen molar-refractivity contribution >= 4 is 17.8 Å². The molecule has 7 nitrogen and oxygen atoms in total. The molecule has 0 saturated heterocycles. The molecule has 0 spiro atoms. The van der Waals surface area contributed by atoms with Crippen LogP contribution >= 0.6 is 0 Å². The van der Waals surface area contributed by atoms with Crippen LogP contribution in [0.5, 0.6) is 0 Å². The number of nitrogens with one attached hydrogen (secondary N) is 1. The first-order chi connectivity index (χ1) is 19.2. The second-order valence-electron chi connectivity index (χ2n) is 11.4. The van der Waals surface area contributed by atoms with Crippen molar-refractivity contribution in [2.45, 2.75) is 80.3 Å². The summed E-state index contributed by atoms with van der Waals surface area (Å²) in [6.07, 6.45) is 1.58. The molecular formula is C33H46FN3O4. The van der Waals surface area contributed by atoms with Crippen LogP contribution in [0.25, 0.3) is 11.1 Å². The Labute approximate surface area is 244 Å². The molecule has 2 amide bonds. The van der Waals surface area contributed by atoms with Crippen LogP contribution in [0.3, 0.4) is 0 Å². The molecule has 224 valence electrons. The molecular weight excluding hydrogens is 521 g/mol. The van der Waals surface area contributed by atoms with Crippen molar-refractivity contribution in [1.29, 1.82) is 0 Å². The smallest absolute Gasteiger partial charge is 0.308 e. The number of hydrogen-bond donors (Lipinski definition) is 1. The van der Waals surface area contributed by atoms with Crippen molar-refractivity contribution < 1.29 is 23.5 Å². The minimum absolute atomic E-state index is 0.0718. The normalized spacial score (nSPS) is 12.6. The van der Waals surface area contributed by atoms with Gasteiger partial charge in [-0.25, -0.2) is 9.40 Å². The number of hydrogen-bond acceptors (Lipinski definition) is 5. The van der Waals surface area contributed by atoms with E-state index >= 15 is 4.39 Å². The van der Waals surface area contributed by atoms with Crippen LogP contribution in [0.1, 0.15) is 75.8 Å². The predicted molar refractivity (Wildman–Crippen MR) is 161 cm³/mol. The van der Waals surface area contributed by atoms with E-state index in [9.17, 15) is 14.4 Å². The van der Waals surface area contributed by atoms with Crippen molar-refractivity contribution in [3.8, 4) is 11.1 Å². The van der Waals surface area contributed by atoms with E-state index in [1.807, 2.05) is 59.7 Å². The maximum absolute atomic E-state index is 15.8. The summed E-state index contributed by atoms with van der Waals surface area (Å²) in [6, 6.07) is 7.55. The molecule has 0 saturated carbocycles. The van der Waals surface area contributed by atoms with E-state index in [-0.39, 0.29) is 30.4 Å². The molecule has 2 atom stereocenters. The summed E-state index contributed by atoms with van der Waals surface area (Å²) in [4.78, 5) is 39.9. The number of nitrogens with zero attached hydrogens (tertiary/aromatic N) is 2. The number of rotatable bonds is 12. The summed E-state index contributed by atoms with van der Waals surface area (Å²) < 4.78 is 21.0. The molecule has 0 aliphatic rings. The first-order valence-corrected chi connectivity index (χ1v) is 14.2. The van der Waals surface area contributed by atoms with Crippen LogP contribution in [0.2, 0.25) is 0 Å². The van der Waals surface area contributed by atoms with Gasteiger partial charge in [0, 0.05) is 25.7 Å². The molecule has 2 aromatic rings. The predicted octanol–water partition coefficient (Wildman–Crippen LogP) is 6.21. The van der Waals surface area contributed by atoms with E-state index in [0.717, 1.165) is 27.8 Å². The molecule has 0 bridgehead atoms. The van der Waals surface area contributed by atoms with Gasteiger partial charge in [-0.05, 0) is 93.8 Å². The van der Waals surface area contributed by atoms with E-state index in [2.05, 4.69) is 5.32 Å². The molecule has 8 heteroatoms. The zero-order valence-electron chi connectivity index (χ0n) is 26.2. The molecule has 1 unspecified atom stereocenters. The molecule has 0 aliphatic carbocycles. The molecule has 1 N–H and O–H groups in total. The van der Waals surface area contributed by atoms with E-state index < -0.39 is 29.8 Å². The largest absolute Gasteiger partial charge is 0.466 e. The van der Waals surface area contributed by atoms with Gasteiger partial charge in [-0.2, -0.15) is 0 Å². The standard InChI is InChI=1S/C33H46FN3O4/c1-11-41-30(39)19-27(26-18-25(17-24(8)32(26)34)31-22(6)13-12-14-23(31)7)35-33(40)28(15-20(2)3)37(36(9)10)29(38)16-21(4)5/h12-14,16-18,20,27-28H,11,15,19H2,1-10H3,(H,35,40)/t27-,28?/m0/s1. The maximum atomic E-state index is 15.8. The Morgan fingerprint density at radius 1 is 1.02 bits per heavy atom. The number of aryl methyl sites for hydroxylation is 3. The average molecular weight is 568 g/mol. The molecule has 2 aromatic carbocycles. The first-order valence-electron chi connectivity index (χ1n) is 14.2. The molecule has 0 aromatic heterocycles. The molecule has 0 aliphatic heterocycles. The highest BCUT2D eigenvalue weighted by Gasteiger charge is 2.34. The van der Waals surface area contributed by atoms with Crippen LogP contribution in [-0.2, 0) is 19.1 Å². The first kappa shape index (κ1) is 33.7. The van der Waals surface area contributed by atoms with E-state index in [0.29, 0.717) is 12.0 Å². The van der Waals surface area contributed by atoms with Gasteiger partial charge in [0.05, 0.1) is 19.1 Å². The Hall–Kier alpha value is -3.52. The van der Waals surface area contributed by atoms with Gasteiger partial charge in [-0.3, -0.25) is 19.4 Å². The summed E-state index contributed by atoms with van der Waals surface area (Å²) in [5.74, 6) is -1.80. The number of carbonyl (C=O) groups is 3. The topological polar surface area (TPSA) is 79.0 Å². The summed E-state index contributed by atoms with van der Waals surface area (Å²) in [5, 5.41) is 5.91. The fourth-order valence-electron chi connectivity index (χ4n) is 5.06. The summed E-state index contributed by atoms with van der Waals surface area (Å²) >= 11 is 0. The lowest BCUT2D eigenvalue weighted by atomic mass is 9.90. The zero-order valence-corrected chi connectivity index (χ0v) is 26.2. The van der Waals surface area contributed by atoms with E-state index in [1.54, 1.807) is 45.1 Å². The quantitative estimate of drug-likeness (QED) is 0.187. The number of amides is 2. The third-order valence-electron chi connectivity index (χ3n) is 6.78. The van der Waals surface area contributed by atoms with Crippen LogP contribution in [0.4, 0.5) is 4.39 Å². The van der Waals surface area contributed by atoms with Gasteiger partial charge >= 0.3 is 5.97 Å². The Morgan fingerprint density at radius 2 is 1.63 bits per heavy atom. The van der Waals surface area contributed by atoms with Crippen molar-refractivity contribution in [1.82, 2.24) is 15.3 Å². The minimum atomic E-state index is -1.01. The highest BCUT2D eigenvalue weighted by atomic mass is 19.1.